The largest absolute Gasteiger partial charge is 0.496 e. The van der Waals surface area contributed by atoms with Gasteiger partial charge in [-0.05, 0) is 47.5 Å². The number of aliphatic hydroxyl groups is 1. The Labute approximate surface area is 131 Å². The molecule has 0 bridgehead atoms. The van der Waals surface area contributed by atoms with Crippen LogP contribution in [0.2, 0.25) is 5.02 Å². The minimum Gasteiger partial charge on any atom is -0.496 e. The fourth-order valence-electron chi connectivity index (χ4n) is 2.03. The lowest BCUT2D eigenvalue weighted by Crippen LogP contribution is -2.12. The molecule has 0 aliphatic carbocycles. The SMILES string of the molecule is COc1ccc(C(O)c2c(Cl)cnn2C(C)C)cc1Br. The number of aliphatic hydroxyl groups excluding tert-OH is 1. The maximum atomic E-state index is 10.6. The van der Waals surface area contributed by atoms with Crippen LogP contribution >= 0.6 is 27.5 Å². The van der Waals surface area contributed by atoms with Gasteiger partial charge in [0.15, 0.2) is 0 Å². The standard InChI is InChI=1S/C14H16BrClN2O2/c1-8(2)18-13(11(16)7-17-18)14(19)9-4-5-12(20-3)10(15)6-9/h4-8,14,19H,1-3H3. The second-order valence-electron chi connectivity index (χ2n) is 4.71. The van der Waals surface area contributed by atoms with E-state index in [4.69, 9.17) is 16.3 Å². The summed E-state index contributed by atoms with van der Waals surface area (Å²) >= 11 is 9.57. The molecule has 1 atom stereocenters. The van der Waals surface area contributed by atoms with Crippen LogP contribution in [-0.4, -0.2) is 22.0 Å². The van der Waals surface area contributed by atoms with Gasteiger partial charge in [0.1, 0.15) is 11.9 Å². The normalized spacial score (nSPS) is 12.8. The van der Waals surface area contributed by atoms with E-state index in [2.05, 4.69) is 21.0 Å². The van der Waals surface area contributed by atoms with E-state index >= 15 is 0 Å². The lowest BCUT2D eigenvalue weighted by Gasteiger charge is -2.17. The molecule has 0 radical (unpaired) electrons. The third-order valence-corrected chi connectivity index (χ3v) is 3.94. The third kappa shape index (κ3) is 2.85. The molecule has 1 heterocycles. The second kappa shape index (κ2) is 6.16. The Bertz CT molecular complexity index is 613. The molecule has 6 heteroatoms. The van der Waals surface area contributed by atoms with Crippen molar-refractivity contribution in [3.63, 3.8) is 0 Å². The van der Waals surface area contributed by atoms with Gasteiger partial charge in [-0.1, -0.05) is 17.7 Å². The predicted molar refractivity (Wildman–Crippen MR) is 82.4 cm³/mol. The predicted octanol–water partition coefficient (Wildman–Crippen LogP) is 3.97. The zero-order valence-corrected chi connectivity index (χ0v) is 13.8. The van der Waals surface area contributed by atoms with Crippen LogP contribution in [0.3, 0.4) is 0 Å². The molecule has 2 aromatic rings. The molecular weight excluding hydrogens is 344 g/mol. The second-order valence-corrected chi connectivity index (χ2v) is 5.97. The van der Waals surface area contributed by atoms with Crippen LogP contribution in [0.25, 0.3) is 0 Å². The molecule has 108 valence electrons. The highest BCUT2D eigenvalue weighted by Gasteiger charge is 2.22. The van der Waals surface area contributed by atoms with E-state index in [-0.39, 0.29) is 6.04 Å². The molecule has 1 N–H and O–H groups in total. The summed E-state index contributed by atoms with van der Waals surface area (Å²) < 4.78 is 7.69. The molecule has 0 spiro atoms. The fraction of sp³-hybridized carbons (Fsp3) is 0.357. The maximum Gasteiger partial charge on any atom is 0.133 e. The first-order chi connectivity index (χ1) is 9.45. The highest BCUT2D eigenvalue weighted by atomic mass is 79.9. The number of rotatable bonds is 4. The number of benzene rings is 1. The smallest absolute Gasteiger partial charge is 0.133 e. The van der Waals surface area contributed by atoms with Crippen LogP contribution in [0, 0.1) is 0 Å². The first-order valence-electron chi connectivity index (χ1n) is 6.20. The van der Waals surface area contributed by atoms with Gasteiger partial charge < -0.3 is 9.84 Å². The lowest BCUT2D eigenvalue weighted by molar-refractivity contribution is 0.205. The number of aromatic nitrogens is 2. The molecule has 1 unspecified atom stereocenters. The molecular formula is C14H16BrClN2O2. The van der Waals surface area contributed by atoms with Gasteiger partial charge in [-0.3, -0.25) is 4.68 Å². The van der Waals surface area contributed by atoms with E-state index < -0.39 is 6.10 Å². The summed E-state index contributed by atoms with van der Waals surface area (Å²) in [5.74, 6) is 0.712. The van der Waals surface area contributed by atoms with Crippen LogP contribution in [0.1, 0.15) is 37.3 Å². The molecule has 20 heavy (non-hydrogen) atoms. The van der Waals surface area contributed by atoms with Gasteiger partial charge in [-0.2, -0.15) is 5.10 Å². The average molecular weight is 360 g/mol. The van der Waals surface area contributed by atoms with E-state index in [0.29, 0.717) is 16.5 Å². The van der Waals surface area contributed by atoms with Crippen LogP contribution in [0.15, 0.2) is 28.9 Å². The minimum absolute atomic E-state index is 0.119. The average Bonchev–Trinajstić information content (AvgIpc) is 2.80. The number of ether oxygens (including phenoxy) is 1. The van der Waals surface area contributed by atoms with Crippen molar-refractivity contribution in [2.45, 2.75) is 26.0 Å². The highest BCUT2D eigenvalue weighted by Crippen LogP contribution is 2.33. The van der Waals surface area contributed by atoms with E-state index in [0.717, 1.165) is 10.0 Å². The maximum absolute atomic E-state index is 10.6. The Morgan fingerprint density at radius 2 is 2.10 bits per heavy atom. The summed E-state index contributed by atoms with van der Waals surface area (Å²) in [5.41, 5.74) is 1.32. The molecule has 0 fully saturated rings. The van der Waals surface area contributed by atoms with E-state index in [1.54, 1.807) is 24.1 Å². The van der Waals surface area contributed by atoms with Crippen molar-refractivity contribution in [2.75, 3.05) is 7.11 Å². The minimum atomic E-state index is -0.838. The molecule has 4 nitrogen and oxygen atoms in total. The van der Waals surface area contributed by atoms with Crippen molar-refractivity contribution in [2.24, 2.45) is 0 Å². The molecule has 2 rings (SSSR count). The topological polar surface area (TPSA) is 47.3 Å². The summed E-state index contributed by atoms with van der Waals surface area (Å²) in [6, 6.07) is 5.54. The molecule has 0 saturated carbocycles. The number of methoxy groups -OCH3 is 1. The van der Waals surface area contributed by atoms with Crippen molar-refractivity contribution in [1.82, 2.24) is 9.78 Å². The fourth-order valence-corrected chi connectivity index (χ4v) is 2.82. The number of hydrogen-bond donors (Lipinski definition) is 1. The van der Waals surface area contributed by atoms with Crippen LogP contribution in [-0.2, 0) is 0 Å². The van der Waals surface area contributed by atoms with E-state index in [1.807, 2.05) is 26.0 Å². The zero-order valence-electron chi connectivity index (χ0n) is 11.5. The van der Waals surface area contributed by atoms with Crippen molar-refractivity contribution in [3.05, 3.63) is 45.1 Å². The molecule has 1 aromatic heterocycles. The number of halogens is 2. The molecule has 1 aromatic carbocycles. The molecule has 0 amide bonds. The van der Waals surface area contributed by atoms with E-state index in [9.17, 15) is 5.11 Å². The first-order valence-corrected chi connectivity index (χ1v) is 7.37. The van der Waals surface area contributed by atoms with Crippen molar-refractivity contribution < 1.29 is 9.84 Å². The first kappa shape index (κ1) is 15.4. The van der Waals surface area contributed by atoms with Gasteiger partial charge >= 0.3 is 0 Å². The highest BCUT2D eigenvalue weighted by molar-refractivity contribution is 9.10. The van der Waals surface area contributed by atoms with Crippen molar-refractivity contribution in [1.29, 1.82) is 0 Å². The number of nitrogens with zero attached hydrogens (tertiary/aromatic N) is 2. The Hall–Kier alpha value is -1.04. The van der Waals surface area contributed by atoms with E-state index in [1.165, 1.54) is 0 Å². The Morgan fingerprint density at radius 1 is 1.40 bits per heavy atom. The Morgan fingerprint density at radius 3 is 2.65 bits per heavy atom. The van der Waals surface area contributed by atoms with Gasteiger partial charge in [0.05, 0.1) is 28.5 Å². The van der Waals surface area contributed by atoms with Crippen molar-refractivity contribution >= 4 is 27.5 Å². The molecule has 0 aliphatic rings. The van der Waals surface area contributed by atoms with Gasteiger partial charge in [0, 0.05) is 6.04 Å². The Kier molecular flexibility index (Phi) is 4.73. The van der Waals surface area contributed by atoms with Crippen LogP contribution < -0.4 is 4.74 Å². The van der Waals surface area contributed by atoms with Gasteiger partial charge in [-0.15, -0.1) is 0 Å². The molecule has 0 saturated heterocycles. The van der Waals surface area contributed by atoms with Gasteiger partial charge in [0.2, 0.25) is 0 Å². The van der Waals surface area contributed by atoms with Gasteiger partial charge in [-0.25, -0.2) is 0 Å². The Balaban J connectivity index is 2.43. The molecule has 0 aliphatic heterocycles. The quantitative estimate of drug-likeness (QED) is 0.898. The number of hydrogen-bond acceptors (Lipinski definition) is 3. The summed E-state index contributed by atoms with van der Waals surface area (Å²) in [6.07, 6.45) is 0.716. The van der Waals surface area contributed by atoms with Gasteiger partial charge in [0.25, 0.3) is 0 Å². The third-order valence-electron chi connectivity index (χ3n) is 3.03. The zero-order chi connectivity index (χ0) is 14.9. The summed E-state index contributed by atoms with van der Waals surface area (Å²) in [6.45, 7) is 3.98. The lowest BCUT2D eigenvalue weighted by atomic mass is 10.1. The monoisotopic (exact) mass is 358 g/mol. The summed E-state index contributed by atoms with van der Waals surface area (Å²) in [4.78, 5) is 0. The van der Waals surface area contributed by atoms with Crippen LogP contribution in [0.5, 0.6) is 5.75 Å². The van der Waals surface area contributed by atoms with Crippen molar-refractivity contribution in [3.8, 4) is 5.75 Å². The summed E-state index contributed by atoms with van der Waals surface area (Å²) in [5, 5.41) is 15.2. The van der Waals surface area contributed by atoms with Crippen LogP contribution in [0.4, 0.5) is 0 Å². The summed E-state index contributed by atoms with van der Waals surface area (Å²) in [7, 11) is 1.60.